The monoisotopic (exact) mass is 559 g/mol. The van der Waals surface area contributed by atoms with Crippen molar-refractivity contribution >= 4 is 35.2 Å². The number of carbonyl (C=O) groups is 4. The van der Waals surface area contributed by atoms with Crippen molar-refractivity contribution in [1.82, 2.24) is 15.1 Å². The van der Waals surface area contributed by atoms with Gasteiger partial charge in [0, 0.05) is 36.5 Å². The Hall–Kier alpha value is -5.26. The molecule has 2 atom stereocenters. The number of carboxylic acid groups (broad SMARTS) is 1. The number of nitrogens with zero attached hydrogens (tertiary/aromatic N) is 3. The van der Waals surface area contributed by atoms with Gasteiger partial charge in [-0.05, 0) is 43.7 Å². The molecule has 1 fully saturated rings. The second kappa shape index (κ2) is 12.3. The minimum Gasteiger partial charge on any atom is -0.481 e. The lowest BCUT2D eigenvalue weighted by molar-refractivity contribution is -0.384. The van der Waals surface area contributed by atoms with E-state index in [0.29, 0.717) is 11.3 Å². The lowest BCUT2D eigenvalue weighted by Gasteiger charge is -2.31. The van der Waals surface area contributed by atoms with Gasteiger partial charge in [0.1, 0.15) is 0 Å². The lowest BCUT2D eigenvalue weighted by Crippen LogP contribution is -2.55. The second-order valence-electron chi connectivity index (χ2n) is 9.74. The van der Waals surface area contributed by atoms with Gasteiger partial charge in [0.15, 0.2) is 6.17 Å². The van der Waals surface area contributed by atoms with Crippen molar-refractivity contribution in [2.24, 2.45) is 0 Å². The van der Waals surface area contributed by atoms with Crippen LogP contribution in [0.3, 0.4) is 0 Å². The first kappa shape index (κ1) is 28.7. The number of urea groups is 1. The van der Waals surface area contributed by atoms with Gasteiger partial charge in [-0.15, -0.1) is 0 Å². The van der Waals surface area contributed by atoms with Crippen LogP contribution in [0.15, 0.2) is 72.8 Å². The maximum atomic E-state index is 13.8. The van der Waals surface area contributed by atoms with Gasteiger partial charge in [-0.1, -0.05) is 47.5 Å². The van der Waals surface area contributed by atoms with Crippen LogP contribution in [0.4, 0.5) is 16.2 Å². The smallest absolute Gasteiger partial charge is 0.323 e. The van der Waals surface area contributed by atoms with E-state index in [9.17, 15) is 34.4 Å². The number of nitrogens with one attached hydrogen (secondary N) is 2. The summed E-state index contributed by atoms with van der Waals surface area (Å²) < 4.78 is 0. The van der Waals surface area contributed by atoms with Crippen molar-refractivity contribution in [3.05, 3.63) is 105 Å². The van der Waals surface area contributed by atoms with E-state index >= 15 is 0 Å². The normalized spacial score (nSPS) is 15.2. The summed E-state index contributed by atoms with van der Waals surface area (Å²) in [6.07, 6.45) is -1.99. The Balaban J connectivity index is 1.66. The molecule has 0 spiro atoms. The molecular formula is C29H29N5O7. The molecule has 1 aliphatic heterocycles. The van der Waals surface area contributed by atoms with E-state index in [1.807, 2.05) is 26.0 Å². The van der Waals surface area contributed by atoms with E-state index in [1.54, 1.807) is 36.4 Å². The number of hydrogen-bond donors (Lipinski definition) is 3. The first-order chi connectivity index (χ1) is 19.5. The van der Waals surface area contributed by atoms with Gasteiger partial charge in [0.05, 0.1) is 17.4 Å². The van der Waals surface area contributed by atoms with Gasteiger partial charge in [-0.25, -0.2) is 4.79 Å². The number of carboxylic acids is 1. The summed E-state index contributed by atoms with van der Waals surface area (Å²) in [6, 6.07) is 17.3. The van der Waals surface area contributed by atoms with E-state index in [0.717, 1.165) is 11.1 Å². The van der Waals surface area contributed by atoms with E-state index < -0.39 is 47.4 Å². The number of carbonyl (C=O) groups excluding carboxylic acids is 3. The summed E-state index contributed by atoms with van der Waals surface area (Å²) in [4.78, 5) is 65.4. The topological polar surface area (TPSA) is 162 Å². The fraction of sp³-hybridized carbons (Fsp3) is 0.241. The van der Waals surface area contributed by atoms with Crippen molar-refractivity contribution in [2.45, 2.75) is 32.5 Å². The van der Waals surface area contributed by atoms with Gasteiger partial charge in [-0.3, -0.25) is 29.4 Å². The first-order valence-corrected chi connectivity index (χ1v) is 12.8. The Labute approximate surface area is 235 Å². The van der Waals surface area contributed by atoms with Crippen molar-refractivity contribution in [2.75, 3.05) is 18.4 Å². The molecule has 1 saturated heterocycles. The molecule has 0 saturated carbocycles. The molecule has 0 aromatic heterocycles. The number of amides is 4. The summed E-state index contributed by atoms with van der Waals surface area (Å²) in [5.74, 6) is -2.55. The Morgan fingerprint density at radius 3 is 2.17 bits per heavy atom. The van der Waals surface area contributed by atoms with Crippen LogP contribution in [-0.4, -0.2) is 62.9 Å². The number of non-ortho nitro benzene ring substituents is 1. The van der Waals surface area contributed by atoms with Crippen LogP contribution in [0.1, 0.15) is 39.5 Å². The quantitative estimate of drug-likeness (QED) is 0.279. The zero-order valence-electron chi connectivity index (χ0n) is 22.4. The maximum Gasteiger partial charge on any atom is 0.323 e. The number of aliphatic carboxylic acids is 1. The van der Waals surface area contributed by atoms with Crippen molar-refractivity contribution in [3.8, 4) is 0 Å². The molecule has 3 aromatic rings. The van der Waals surface area contributed by atoms with E-state index in [1.165, 1.54) is 34.1 Å². The highest BCUT2D eigenvalue weighted by Crippen LogP contribution is 2.25. The molecule has 4 amide bonds. The van der Waals surface area contributed by atoms with Crippen molar-refractivity contribution in [3.63, 3.8) is 0 Å². The molecule has 12 heteroatoms. The molecule has 12 nitrogen and oxygen atoms in total. The summed E-state index contributed by atoms with van der Waals surface area (Å²) in [6.45, 7) is 3.85. The Bertz CT molecular complexity index is 1470. The van der Waals surface area contributed by atoms with Gasteiger partial charge >= 0.3 is 12.0 Å². The standard InChI is InChI=1S/C29H29N5O7/c1-18-6-10-20(11-7-18)28(38)32-14-15-33(29(39)30-22-12-8-19(2)9-13-22)27(32)26(37)31-24(17-25(35)36)21-4-3-5-23(16-21)34(40)41/h3-13,16,24,27H,14-15,17H2,1-2H3,(H,30,39)(H,31,37)(H,35,36). The van der Waals surface area contributed by atoms with Gasteiger partial charge < -0.3 is 20.6 Å². The fourth-order valence-electron chi connectivity index (χ4n) is 4.56. The van der Waals surface area contributed by atoms with Crippen LogP contribution in [-0.2, 0) is 9.59 Å². The van der Waals surface area contributed by atoms with Crippen LogP contribution in [0.2, 0.25) is 0 Å². The molecule has 1 aliphatic rings. The van der Waals surface area contributed by atoms with Crippen LogP contribution in [0, 0.1) is 24.0 Å². The van der Waals surface area contributed by atoms with E-state index in [4.69, 9.17) is 0 Å². The predicted molar refractivity (Wildman–Crippen MR) is 149 cm³/mol. The second-order valence-corrected chi connectivity index (χ2v) is 9.74. The summed E-state index contributed by atoms with van der Waals surface area (Å²) in [5.41, 5.74) is 2.65. The number of aryl methyl sites for hydroxylation is 2. The third kappa shape index (κ3) is 6.85. The SMILES string of the molecule is Cc1ccc(NC(=O)N2CCN(C(=O)c3ccc(C)cc3)C2C(=O)NC(CC(=O)O)c2cccc([N+](=O)[O-])c2)cc1. The number of nitro benzene ring substituents is 1. The van der Waals surface area contributed by atoms with Gasteiger partial charge in [0.25, 0.3) is 17.5 Å². The molecule has 0 radical (unpaired) electrons. The predicted octanol–water partition coefficient (Wildman–Crippen LogP) is 3.86. The lowest BCUT2D eigenvalue weighted by atomic mass is 10.0. The number of hydrogen-bond acceptors (Lipinski definition) is 6. The largest absolute Gasteiger partial charge is 0.481 e. The zero-order valence-corrected chi connectivity index (χ0v) is 22.4. The van der Waals surface area contributed by atoms with Gasteiger partial charge in [0.2, 0.25) is 0 Å². The van der Waals surface area contributed by atoms with Crippen LogP contribution in [0.25, 0.3) is 0 Å². The summed E-state index contributed by atoms with van der Waals surface area (Å²) >= 11 is 0. The third-order valence-electron chi connectivity index (χ3n) is 6.71. The van der Waals surface area contributed by atoms with Crippen molar-refractivity contribution < 1.29 is 29.2 Å². The zero-order chi connectivity index (χ0) is 29.7. The highest BCUT2D eigenvalue weighted by atomic mass is 16.6. The minimum absolute atomic E-state index is 0.0355. The van der Waals surface area contributed by atoms with Crippen LogP contribution < -0.4 is 10.6 Å². The molecule has 4 rings (SSSR count). The molecular weight excluding hydrogens is 530 g/mol. The molecule has 2 unspecified atom stereocenters. The average Bonchev–Trinajstić information content (AvgIpc) is 3.39. The number of anilines is 1. The highest BCUT2D eigenvalue weighted by molar-refractivity contribution is 6.00. The molecule has 1 heterocycles. The van der Waals surface area contributed by atoms with Crippen LogP contribution in [0.5, 0.6) is 0 Å². The van der Waals surface area contributed by atoms with E-state index in [2.05, 4.69) is 10.6 Å². The molecule has 0 aliphatic carbocycles. The summed E-state index contributed by atoms with van der Waals surface area (Å²) in [7, 11) is 0. The molecule has 3 aromatic carbocycles. The molecule has 3 N–H and O–H groups in total. The fourth-order valence-corrected chi connectivity index (χ4v) is 4.56. The average molecular weight is 560 g/mol. The third-order valence-corrected chi connectivity index (χ3v) is 6.71. The van der Waals surface area contributed by atoms with Crippen molar-refractivity contribution in [1.29, 1.82) is 0 Å². The maximum absolute atomic E-state index is 13.8. The Kier molecular flexibility index (Phi) is 8.61. The van der Waals surface area contributed by atoms with Gasteiger partial charge in [-0.2, -0.15) is 0 Å². The molecule has 41 heavy (non-hydrogen) atoms. The minimum atomic E-state index is -1.41. The van der Waals surface area contributed by atoms with E-state index in [-0.39, 0.29) is 24.3 Å². The molecule has 0 bridgehead atoms. The molecule has 212 valence electrons. The summed E-state index contributed by atoms with van der Waals surface area (Å²) in [5, 5.41) is 26.2. The first-order valence-electron chi connectivity index (χ1n) is 12.8. The van der Waals surface area contributed by atoms with Crippen LogP contribution >= 0.6 is 0 Å². The highest BCUT2D eigenvalue weighted by Gasteiger charge is 2.43. The Morgan fingerprint density at radius 1 is 0.951 bits per heavy atom. The Morgan fingerprint density at radius 2 is 1.56 bits per heavy atom. The number of rotatable bonds is 8. The number of benzene rings is 3. The number of nitro groups is 1.